The van der Waals surface area contributed by atoms with E-state index in [1.165, 1.54) is 22.5 Å². The highest BCUT2D eigenvalue weighted by molar-refractivity contribution is 7.14. The zero-order valence-electron chi connectivity index (χ0n) is 15.5. The number of carbonyl (C=O) groups is 1. The number of nitrogens with zero attached hydrogens (tertiary/aromatic N) is 4. The minimum absolute atomic E-state index is 0.0719. The lowest BCUT2D eigenvalue weighted by Crippen LogP contribution is -2.29. The molecular formula is C19H23N5OS. The van der Waals surface area contributed by atoms with Crippen molar-refractivity contribution in [1.82, 2.24) is 19.7 Å². The number of carbonyl (C=O) groups excluding carboxylic acids is 1. The van der Waals surface area contributed by atoms with Gasteiger partial charge >= 0.3 is 0 Å². The minimum Gasteiger partial charge on any atom is -0.301 e. The summed E-state index contributed by atoms with van der Waals surface area (Å²) in [4.78, 5) is 18.7. The van der Waals surface area contributed by atoms with Gasteiger partial charge in [-0.05, 0) is 38.1 Å². The Morgan fingerprint density at radius 2 is 2.12 bits per heavy atom. The normalized spacial score (nSPS) is 11.1. The smallest absolute Gasteiger partial charge is 0.240 e. The Morgan fingerprint density at radius 3 is 2.81 bits per heavy atom. The Hall–Kier alpha value is -2.51. The number of aromatic nitrogens is 3. The van der Waals surface area contributed by atoms with Gasteiger partial charge in [-0.3, -0.25) is 14.4 Å². The van der Waals surface area contributed by atoms with Gasteiger partial charge in [-0.25, -0.2) is 4.98 Å². The van der Waals surface area contributed by atoms with Crippen molar-refractivity contribution in [2.45, 2.75) is 20.4 Å². The number of nitrogens with one attached hydrogen (secondary N) is 1. The lowest BCUT2D eigenvalue weighted by molar-refractivity contribution is -0.117. The highest BCUT2D eigenvalue weighted by atomic mass is 32.1. The van der Waals surface area contributed by atoms with Crippen LogP contribution in [0.3, 0.4) is 0 Å². The number of hydrogen-bond donors (Lipinski definition) is 1. The molecule has 0 atom stereocenters. The molecule has 7 heteroatoms. The van der Waals surface area contributed by atoms with Crippen molar-refractivity contribution in [3.05, 3.63) is 52.7 Å². The number of aryl methyl sites for hydroxylation is 3. The third-order valence-corrected chi connectivity index (χ3v) is 4.94. The average Bonchev–Trinajstić information content (AvgIpc) is 3.19. The van der Waals surface area contributed by atoms with Crippen LogP contribution in [0.15, 0.2) is 36.0 Å². The van der Waals surface area contributed by atoms with E-state index in [1.807, 2.05) is 36.8 Å². The van der Waals surface area contributed by atoms with Gasteiger partial charge in [-0.2, -0.15) is 5.10 Å². The Morgan fingerprint density at radius 1 is 1.31 bits per heavy atom. The SMILES string of the molecule is Cc1ccc(-c2csc(NC(=O)CN(C)Cc3cnn(C)c3)n2)cc1C. The summed E-state index contributed by atoms with van der Waals surface area (Å²) in [5.41, 5.74) is 5.53. The van der Waals surface area contributed by atoms with Crippen molar-refractivity contribution in [3.8, 4) is 11.3 Å². The van der Waals surface area contributed by atoms with Gasteiger partial charge in [0.25, 0.3) is 0 Å². The van der Waals surface area contributed by atoms with Crippen LogP contribution in [0.1, 0.15) is 16.7 Å². The summed E-state index contributed by atoms with van der Waals surface area (Å²) < 4.78 is 1.76. The minimum atomic E-state index is -0.0719. The van der Waals surface area contributed by atoms with Gasteiger partial charge in [-0.1, -0.05) is 12.1 Å². The molecule has 2 heterocycles. The maximum Gasteiger partial charge on any atom is 0.240 e. The number of thiazole rings is 1. The fourth-order valence-corrected chi connectivity index (χ4v) is 3.43. The van der Waals surface area contributed by atoms with E-state index in [2.05, 4.69) is 47.4 Å². The van der Waals surface area contributed by atoms with Crippen molar-refractivity contribution in [1.29, 1.82) is 0 Å². The van der Waals surface area contributed by atoms with E-state index in [0.29, 0.717) is 18.2 Å². The second-order valence-corrected chi connectivity index (χ2v) is 7.44. The predicted octanol–water partition coefficient (Wildman–Crippen LogP) is 3.23. The lowest BCUT2D eigenvalue weighted by atomic mass is 10.1. The van der Waals surface area contributed by atoms with Gasteiger partial charge in [0.1, 0.15) is 0 Å². The molecule has 0 aliphatic carbocycles. The van der Waals surface area contributed by atoms with Gasteiger partial charge in [0.2, 0.25) is 5.91 Å². The van der Waals surface area contributed by atoms with E-state index in [9.17, 15) is 4.79 Å². The van der Waals surface area contributed by atoms with Crippen LogP contribution in [0.25, 0.3) is 11.3 Å². The molecule has 0 saturated heterocycles. The van der Waals surface area contributed by atoms with Crippen LogP contribution in [0.2, 0.25) is 0 Å². The van der Waals surface area contributed by atoms with Crippen LogP contribution in [0.5, 0.6) is 0 Å². The quantitative estimate of drug-likeness (QED) is 0.725. The Kier molecular flexibility index (Phi) is 5.49. The first-order valence-electron chi connectivity index (χ1n) is 8.40. The molecule has 0 bridgehead atoms. The largest absolute Gasteiger partial charge is 0.301 e. The topological polar surface area (TPSA) is 63.1 Å². The molecule has 0 aliphatic heterocycles. The number of hydrogen-bond acceptors (Lipinski definition) is 5. The molecule has 1 N–H and O–H groups in total. The van der Waals surface area contributed by atoms with Crippen LogP contribution in [-0.4, -0.2) is 39.2 Å². The fourth-order valence-electron chi connectivity index (χ4n) is 2.69. The van der Waals surface area contributed by atoms with E-state index >= 15 is 0 Å². The molecule has 6 nitrogen and oxygen atoms in total. The van der Waals surface area contributed by atoms with Crippen molar-refractivity contribution in [3.63, 3.8) is 0 Å². The van der Waals surface area contributed by atoms with E-state index in [4.69, 9.17) is 0 Å². The molecule has 136 valence electrons. The number of rotatable bonds is 6. The van der Waals surface area contributed by atoms with Crippen LogP contribution in [-0.2, 0) is 18.4 Å². The first-order chi connectivity index (χ1) is 12.4. The molecule has 3 rings (SSSR count). The lowest BCUT2D eigenvalue weighted by Gasteiger charge is -2.14. The van der Waals surface area contributed by atoms with Crippen LogP contribution < -0.4 is 5.32 Å². The molecule has 0 saturated carbocycles. The molecule has 0 aliphatic rings. The van der Waals surface area contributed by atoms with Crippen molar-refractivity contribution < 1.29 is 4.79 Å². The van der Waals surface area contributed by atoms with Crippen molar-refractivity contribution in [2.75, 3.05) is 18.9 Å². The summed E-state index contributed by atoms with van der Waals surface area (Å²) >= 11 is 1.44. The van der Waals surface area contributed by atoms with Gasteiger partial charge < -0.3 is 5.32 Å². The highest BCUT2D eigenvalue weighted by Crippen LogP contribution is 2.26. The zero-order valence-corrected chi connectivity index (χ0v) is 16.3. The van der Waals surface area contributed by atoms with E-state index in [-0.39, 0.29) is 5.91 Å². The van der Waals surface area contributed by atoms with E-state index < -0.39 is 0 Å². The fraction of sp³-hybridized carbons (Fsp3) is 0.316. The second-order valence-electron chi connectivity index (χ2n) is 6.58. The van der Waals surface area contributed by atoms with Gasteiger partial charge in [0, 0.05) is 36.3 Å². The summed E-state index contributed by atoms with van der Waals surface area (Å²) in [5.74, 6) is -0.0719. The summed E-state index contributed by atoms with van der Waals surface area (Å²) in [6.45, 7) is 5.15. The maximum atomic E-state index is 12.3. The van der Waals surface area contributed by atoms with E-state index in [0.717, 1.165) is 16.8 Å². The molecule has 2 aromatic heterocycles. The number of anilines is 1. The first kappa shape index (κ1) is 18.3. The van der Waals surface area contributed by atoms with E-state index in [1.54, 1.807) is 4.68 Å². The molecule has 0 fully saturated rings. The van der Waals surface area contributed by atoms with Crippen LogP contribution in [0, 0.1) is 13.8 Å². The maximum absolute atomic E-state index is 12.3. The summed E-state index contributed by atoms with van der Waals surface area (Å²) in [5, 5.41) is 9.62. The number of likely N-dealkylation sites (N-methyl/N-ethyl adjacent to an activating group) is 1. The molecule has 1 amide bonds. The third kappa shape index (κ3) is 4.56. The monoisotopic (exact) mass is 369 g/mol. The highest BCUT2D eigenvalue weighted by Gasteiger charge is 2.11. The average molecular weight is 369 g/mol. The Labute approximate surface area is 157 Å². The second kappa shape index (κ2) is 7.80. The molecule has 0 spiro atoms. The third-order valence-electron chi connectivity index (χ3n) is 4.18. The molecule has 26 heavy (non-hydrogen) atoms. The molecule has 3 aromatic rings. The summed E-state index contributed by atoms with van der Waals surface area (Å²) in [7, 11) is 3.79. The van der Waals surface area contributed by atoms with Crippen LogP contribution in [0.4, 0.5) is 5.13 Å². The Balaban J connectivity index is 1.57. The molecule has 0 unspecified atom stereocenters. The van der Waals surface area contributed by atoms with Crippen molar-refractivity contribution >= 4 is 22.4 Å². The van der Waals surface area contributed by atoms with Crippen LogP contribution >= 0.6 is 11.3 Å². The molecule has 1 aromatic carbocycles. The number of benzene rings is 1. The van der Waals surface area contributed by atoms with Gasteiger partial charge in [0.15, 0.2) is 5.13 Å². The first-order valence-corrected chi connectivity index (χ1v) is 9.28. The Bertz CT molecular complexity index is 914. The summed E-state index contributed by atoms with van der Waals surface area (Å²) in [6, 6.07) is 6.28. The van der Waals surface area contributed by atoms with Gasteiger partial charge in [-0.15, -0.1) is 11.3 Å². The standard InChI is InChI=1S/C19H23N5OS/c1-13-5-6-16(7-14(13)2)17-12-26-19(21-17)22-18(25)11-23(3)9-15-8-20-24(4)10-15/h5-8,10,12H,9,11H2,1-4H3,(H,21,22,25). The molecule has 0 radical (unpaired) electrons. The molecular weight excluding hydrogens is 346 g/mol. The summed E-state index contributed by atoms with van der Waals surface area (Å²) in [6.07, 6.45) is 3.76. The number of amides is 1. The zero-order chi connectivity index (χ0) is 18.7. The predicted molar refractivity (Wildman–Crippen MR) is 105 cm³/mol. The van der Waals surface area contributed by atoms with Crippen molar-refractivity contribution in [2.24, 2.45) is 7.05 Å². The van der Waals surface area contributed by atoms with Gasteiger partial charge in [0.05, 0.1) is 18.4 Å².